The van der Waals surface area contributed by atoms with Crippen LogP contribution >= 0.6 is 11.6 Å². The van der Waals surface area contributed by atoms with E-state index in [9.17, 15) is 16.8 Å². The molecule has 0 atom stereocenters. The van der Waals surface area contributed by atoms with Gasteiger partial charge in [-0.2, -0.15) is 12.7 Å². The Morgan fingerprint density at radius 3 is 2.30 bits per heavy atom. The molecule has 0 aromatic heterocycles. The Labute approximate surface area is 143 Å². The van der Waals surface area contributed by atoms with Gasteiger partial charge in [-0.15, -0.1) is 0 Å². The molecule has 0 aliphatic rings. The van der Waals surface area contributed by atoms with E-state index in [4.69, 9.17) is 11.6 Å². The molecule has 0 amide bonds. The van der Waals surface area contributed by atoms with Gasteiger partial charge in [0.05, 0.1) is 6.26 Å². The van der Waals surface area contributed by atoms with Crippen molar-refractivity contribution in [3.05, 3.63) is 34.9 Å². The first kappa shape index (κ1) is 20.3. The standard InChI is InChI=1S/C13H22ClN3O4S2/c1-16(2)23(20,21)15-8-10-17(22(3,18)19)9-7-12-5-4-6-13(14)11-12/h4-6,11,15H,7-10H2,1-3H3. The lowest BCUT2D eigenvalue weighted by atomic mass is 10.1. The van der Waals surface area contributed by atoms with Crippen LogP contribution in [0.3, 0.4) is 0 Å². The molecular weight excluding hydrogens is 362 g/mol. The van der Waals surface area contributed by atoms with Gasteiger partial charge in [-0.3, -0.25) is 0 Å². The third-order valence-corrected chi connectivity index (χ3v) is 6.20. The van der Waals surface area contributed by atoms with E-state index in [2.05, 4.69) is 4.72 Å². The van der Waals surface area contributed by atoms with Crippen LogP contribution in [0, 0.1) is 0 Å². The molecule has 0 unspecified atom stereocenters. The average Bonchev–Trinajstić information content (AvgIpc) is 2.41. The van der Waals surface area contributed by atoms with Crippen LogP contribution in [0.15, 0.2) is 24.3 Å². The average molecular weight is 384 g/mol. The van der Waals surface area contributed by atoms with E-state index >= 15 is 0 Å². The zero-order valence-corrected chi connectivity index (χ0v) is 15.7. The summed E-state index contributed by atoms with van der Waals surface area (Å²) in [5.74, 6) is 0. The van der Waals surface area contributed by atoms with Crippen molar-refractivity contribution in [2.45, 2.75) is 6.42 Å². The summed E-state index contributed by atoms with van der Waals surface area (Å²) in [5, 5.41) is 0.590. The lowest BCUT2D eigenvalue weighted by Gasteiger charge is -2.21. The number of rotatable bonds is 9. The number of nitrogens with zero attached hydrogens (tertiary/aromatic N) is 2. The van der Waals surface area contributed by atoms with Crippen molar-refractivity contribution in [1.29, 1.82) is 0 Å². The van der Waals surface area contributed by atoms with Crippen LogP contribution in [-0.4, -0.2) is 65.4 Å². The number of benzene rings is 1. The topological polar surface area (TPSA) is 86.8 Å². The molecular formula is C13H22ClN3O4S2. The third kappa shape index (κ3) is 7.15. The minimum Gasteiger partial charge on any atom is -0.213 e. The molecule has 132 valence electrons. The number of nitrogens with one attached hydrogen (secondary N) is 1. The van der Waals surface area contributed by atoms with Crippen molar-refractivity contribution in [2.75, 3.05) is 40.0 Å². The Bertz CT molecular complexity index is 720. The predicted octanol–water partition coefficient (Wildman–Crippen LogP) is 0.540. The molecule has 1 rings (SSSR count). The Balaban J connectivity index is 2.64. The quantitative estimate of drug-likeness (QED) is 0.674. The van der Waals surface area contributed by atoms with Crippen LogP contribution in [0.5, 0.6) is 0 Å². The first-order valence-electron chi connectivity index (χ1n) is 6.89. The maximum atomic E-state index is 11.8. The second-order valence-electron chi connectivity index (χ2n) is 5.22. The molecule has 1 aromatic carbocycles. The molecule has 0 fully saturated rings. The molecule has 0 spiro atoms. The second-order valence-corrected chi connectivity index (χ2v) is 9.61. The Morgan fingerprint density at radius 1 is 1.13 bits per heavy atom. The van der Waals surface area contributed by atoms with Crippen molar-refractivity contribution < 1.29 is 16.8 Å². The summed E-state index contributed by atoms with van der Waals surface area (Å²) in [4.78, 5) is 0. The molecule has 0 heterocycles. The van der Waals surface area contributed by atoms with E-state index < -0.39 is 20.2 Å². The lowest BCUT2D eigenvalue weighted by molar-refractivity contribution is 0.416. The number of hydrogen-bond donors (Lipinski definition) is 1. The normalized spacial score (nSPS) is 13.0. The fraction of sp³-hybridized carbons (Fsp3) is 0.538. The number of halogens is 1. The monoisotopic (exact) mass is 383 g/mol. The van der Waals surface area contributed by atoms with Crippen molar-refractivity contribution in [2.24, 2.45) is 0 Å². The lowest BCUT2D eigenvalue weighted by Crippen LogP contribution is -2.42. The van der Waals surface area contributed by atoms with Crippen molar-refractivity contribution in [3.8, 4) is 0 Å². The van der Waals surface area contributed by atoms with Crippen LogP contribution in [0.1, 0.15) is 5.56 Å². The molecule has 0 bridgehead atoms. The van der Waals surface area contributed by atoms with E-state index in [-0.39, 0.29) is 19.6 Å². The summed E-state index contributed by atoms with van der Waals surface area (Å²) in [7, 11) is -4.20. The zero-order chi connectivity index (χ0) is 17.7. The van der Waals surface area contributed by atoms with Crippen molar-refractivity contribution in [3.63, 3.8) is 0 Å². The van der Waals surface area contributed by atoms with Crippen LogP contribution in [0.4, 0.5) is 0 Å². The predicted molar refractivity (Wildman–Crippen MR) is 92.2 cm³/mol. The zero-order valence-electron chi connectivity index (χ0n) is 13.4. The minimum absolute atomic E-state index is 0.00310. The highest BCUT2D eigenvalue weighted by Crippen LogP contribution is 2.12. The summed E-state index contributed by atoms with van der Waals surface area (Å²) < 4.78 is 51.5. The third-order valence-electron chi connectivity index (χ3n) is 3.13. The number of hydrogen-bond acceptors (Lipinski definition) is 4. The fourth-order valence-corrected chi connectivity index (χ4v) is 3.48. The molecule has 10 heteroatoms. The van der Waals surface area contributed by atoms with E-state index in [0.717, 1.165) is 16.1 Å². The minimum atomic E-state index is -3.57. The van der Waals surface area contributed by atoms with Crippen LogP contribution < -0.4 is 4.72 Å². The van der Waals surface area contributed by atoms with Crippen molar-refractivity contribution >= 4 is 31.8 Å². The van der Waals surface area contributed by atoms with Gasteiger partial charge in [0, 0.05) is 38.8 Å². The first-order chi connectivity index (χ1) is 10.5. The highest BCUT2D eigenvalue weighted by molar-refractivity contribution is 7.88. The van der Waals surface area contributed by atoms with Gasteiger partial charge < -0.3 is 0 Å². The van der Waals surface area contributed by atoms with Crippen molar-refractivity contribution in [1.82, 2.24) is 13.3 Å². The van der Waals surface area contributed by atoms with Gasteiger partial charge in [-0.1, -0.05) is 23.7 Å². The SMILES string of the molecule is CN(C)S(=O)(=O)NCCN(CCc1cccc(Cl)c1)S(C)(=O)=O. The van der Waals surface area contributed by atoms with Crippen LogP contribution in [0.25, 0.3) is 0 Å². The van der Waals surface area contributed by atoms with Gasteiger partial charge in [0.2, 0.25) is 10.0 Å². The fourth-order valence-electron chi connectivity index (χ4n) is 1.82. The molecule has 0 aliphatic heterocycles. The van der Waals surface area contributed by atoms with Gasteiger partial charge in [0.25, 0.3) is 10.2 Å². The molecule has 23 heavy (non-hydrogen) atoms. The molecule has 0 saturated heterocycles. The molecule has 0 saturated carbocycles. The maximum Gasteiger partial charge on any atom is 0.278 e. The molecule has 0 radical (unpaired) electrons. The van der Waals surface area contributed by atoms with E-state index in [1.807, 2.05) is 6.07 Å². The smallest absolute Gasteiger partial charge is 0.213 e. The molecule has 1 N–H and O–H groups in total. The van der Waals surface area contributed by atoms with Gasteiger partial charge in [-0.25, -0.2) is 17.4 Å². The van der Waals surface area contributed by atoms with Crippen LogP contribution in [-0.2, 0) is 26.7 Å². The highest BCUT2D eigenvalue weighted by atomic mass is 35.5. The summed E-state index contributed by atoms with van der Waals surface area (Å²) in [6, 6.07) is 7.18. The van der Waals surface area contributed by atoms with Gasteiger partial charge in [0.1, 0.15) is 0 Å². The molecule has 1 aromatic rings. The summed E-state index contributed by atoms with van der Waals surface area (Å²) in [5.41, 5.74) is 0.917. The second kappa shape index (κ2) is 8.41. The van der Waals surface area contributed by atoms with E-state index in [1.165, 1.54) is 18.4 Å². The molecule has 7 nitrogen and oxygen atoms in total. The maximum absolute atomic E-state index is 11.8. The van der Waals surface area contributed by atoms with Gasteiger partial charge >= 0.3 is 0 Å². The van der Waals surface area contributed by atoms with E-state index in [0.29, 0.717) is 11.4 Å². The van der Waals surface area contributed by atoms with Crippen LogP contribution in [0.2, 0.25) is 5.02 Å². The van der Waals surface area contributed by atoms with Gasteiger partial charge in [-0.05, 0) is 24.1 Å². The largest absolute Gasteiger partial charge is 0.278 e. The summed E-state index contributed by atoms with van der Waals surface area (Å²) in [6.07, 6.45) is 1.60. The Morgan fingerprint density at radius 2 is 1.78 bits per heavy atom. The Hall–Kier alpha value is -0.710. The number of sulfonamides is 1. The summed E-state index contributed by atoms with van der Waals surface area (Å²) in [6.45, 7) is 0.318. The molecule has 0 aliphatic carbocycles. The first-order valence-corrected chi connectivity index (χ1v) is 10.6. The highest BCUT2D eigenvalue weighted by Gasteiger charge is 2.18. The van der Waals surface area contributed by atoms with E-state index in [1.54, 1.807) is 18.2 Å². The van der Waals surface area contributed by atoms with Gasteiger partial charge in [0.15, 0.2) is 0 Å². The Kier molecular flexibility index (Phi) is 7.43. The summed E-state index contributed by atoms with van der Waals surface area (Å²) >= 11 is 5.90.